The molecule has 30 heavy (non-hydrogen) atoms. The molecule has 1 heterocycles. The lowest BCUT2D eigenvalue weighted by molar-refractivity contribution is -0.132. The van der Waals surface area contributed by atoms with Crippen LogP contribution < -0.4 is 10.6 Å². The fraction of sp³-hybridized carbons (Fsp3) is 0.609. The Morgan fingerprint density at radius 1 is 1.03 bits per heavy atom. The van der Waals surface area contributed by atoms with Crippen molar-refractivity contribution in [2.24, 2.45) is 5.92 Å². The fourth-order valence-corrected chi connectivity index (χ4v) is 3.38. The zero-order valence-electron chi connectivity index (χ0n) is 18.4. The molecule has 2 N–H and O–H groups in total. The Morgan fingerprint density at radius 3 is 2.33 bits per heavy atom. The van der Waals surface area contributed by atoms with Gasteiger partial charge in [0.05, 0.1) is 0 Å². The number of amides is 3. The molecule has 0 spiro atoms. The largest absolute Gasteiger partial charge is 0.444 e. The van der Waals surface area contributed by atoms with Crippen molar-refractivity contribution in [2.75, 3.05) is 26.2 Å². The quantitative estimate of drug-likeness (QED) is 0.681. The summed E-state index contributed by atoms with van der Waals surface area (Å²) in [6, 6.07) is 10.1. The molecular formula is C23H35N3O4. The second-order valence-corrected chi connectivity index (χ2v) is 8.79. The summed E-state index contributed by atoms with van der Waals surface area (Å²) in [5, 5.41) is 5.51. The number of nitrogens with one attached hydrogen (secondary N) is 2. The Labute approximate surface area is 179 Å². The molecule has 1 fully saturated rings. The molecule has 0 saturated carbocycles. The Kier molecular flexibility index (Phi) is 9.15. The predicted molar refractivity (Wildman–Crippen MR) is 116 cm³/mol. The van der Waals surface area contributed by atoms with Crippen molar-refractivity contribution in [1.82, 2.24) is 15.5 Å². The van der Waals surface area contributed by atoms with Crippen LogP contribution >= 0.6 is 0 Å². The predicted octanol–water partition coefficient (Wildman–Crippen LogP) is 2.89. The normalized spacial score (nSPS) is 14.8. The first kappa shape index (κ1) is 23.7. The molecule has 7 nitrogen and oxygen atoms in total. The molecule has 0 unspecified atom stereocenters. The van der Waals surface area contributed by atoms with E-state index in [4.69, 9.17) is 4.74 Å². The average molecular weight is 418 g/mol. The van der Waals surface area contributed by atoms with Crippen LogP contribution in [0.4, 0.5) is 4.79 Å². The van der Waals surface area contributed by atoms with Crippen LogP contribution in [-0.2, 0) is 20.7 Å². The molecule has 1 saturated heterocycles. The minimum absolute atomic E-state index is 0.0903. The van der Waals surface area contributed by atoms with Gasteiger partial charge in [0.1, 0.15) is 5.60 Å². The summed E-state index contributed by atoms with van der Waals surface area (Å²) >= 11 is 0. The van der Waals surface area contributed by atoms with E-state index in [0.717, 1.165) is 32.4 Å². The van der Waals surface area contributed by atoms with E-state index in [1.54, 1.807) is 20.8 Å². The number of rotatable bonds is 8. The van der Waals surface area contributed by atoms with Gasteiger partial charge in [0.15, 0.2) is 0 Å². The number of benzene rings is 1. The first-order valence-electron chi connectivity index (χ1n) is 10.8. The minimum atomic E-state index is -0.551. The first-order valence-corrected chi connectivity index (χ1v) is 10.8. The van der Waals surface area contributed by atoms with Crippen LogP contribution in [0, 0.1) is 5.92 Å². The molecule has 1 aromatic carbocycles. The summed E-state index contributed by atoms with van der Waals surface area (Å²) in [7, 11) is 0. The second kappa shape index (κ2) is 11.6. The molecule has 0 aliphatic carbocycles. The van der Waals surface area contributed by atoms with Crippen molar-refractivity contribution in [3.8, 4) is 0 Å². The molecule has 3 amide bonds. The van der Waals surface area contributed by atoms with Crippen molar-refractivity contribution in [3.63, 3.8) is 0 Å². The van der Waals surface area contributed by atoms with Gasteiger partial charge in [-0.3, -0.25) is 9.59 Å². The van der Waals surface area contributed by atoms with E-state index in [0.29, 0.717) is 18.9 Å². The highest BCUT2D eigenvalue weighted by molar-refractivity contribution is 5.77. The molecule has 166 valence electrons. The van der Waals surface area contributed by atoms with E-state index in [1.165, 1.54) is 5.56 Å². The van der Waals surface area contributed by atoms with Crippen molar-refractivity contribution in [1.29, 1.82) is 0 Å². The monoisotopic (exact) mass is 417 g/mol. The third-order valence-electron chi connectivity index (χ3n) is 5.05. The maximum atomic E-state index is 12.4. The van der Waals surface area contributed by atoms with Crippen molar-refractivity contribution < 1.29 is 19.1 Å². The minimum Gasteiger partial charge on any atom is -0.444 e. The highest BCUT2D eigenvalue weighted by Gasteiger charge is 2.23. The highest BCUT2D eigenvalue weighted by atomic mass is 16.6. The molecule has 0 atom stereocenters. The fourth-order valence-electron chi connectivity index (χ4n) is 3.38. The summed E-state index contributed by atoms with van der Waals surface area (Å²) in [5.74, 6) is 0.493. The van der Waals surface area contributed by atoms with Gasteiger partial charge in [-0.25, -0.2) is 4.79 Å². The van der Waals surface area contributed by atoms with Gasteiger partial charge in [0.25, 0.3) is 0 Å². The van der Waals surface area contributed by atoms with Crippen LogP contribution in [0.1, 0.15) is 52.0 Å². The van der Waals surface area contributed by atoms with Crippen LogP contribution in [0.5, 0.6) is 0 Å². The van der Waals surface area contributed by atoms with Gasteiger partial charge in [-0.2, -0.15) is 0 Å². The van der Waals surface area contributed by atoms with E-state index < -0.39 is 11.7 Å². The molecule has 1 aromatic rings. The summed E-state index contributed by atoms with van der Waals surface area (Å²) in [6.45, 7) is 7.72. The van der Waals surface area contributed by atoms with Crippen molar-refractivity contribution >= 4 is 17.9 Å². The molecular weight excluding hydrogens is 382 g/mol. The molecule has 2 rings (SSSR count). The van der Waals surface area contributed by atoms with Gasteiger partial charge in [0, 0.05) is 39.0 Å². The average Bonchev–Trinajstić information content (AvgIpc) is 2.70. The van der Waals surface area contributed by atoms with Gasteiger partial charge >= 0.3 is 6.09 Å². The molecule has 0 bridgehead atoms. The van der Waals surface area contributed by atoms with Gasteiger partial charge in [-0.15, -0.1) is 0 Å². The lowest BCUT2D eigenvalue weighted by Gasteiger charge is -2.32. The van der Waals surface area contributed by atoms with Gasteiger partial charge < -0.3 is 20.3 Å². The Balaban J connectivity index is 1.56. The lowest BCUT2D eigenvalue weighted by Crippen LogP contribution is -2.42. The van der Waals surface area contributed by atoms with E-state index >= 15 is 0 Å². The van der Waals surface area contributed by atoms with E-state index in [1.807, 2.05) is 35.2 Å². The lowest BCUT2D eigenvalue weighted by atomic mass is 9.96. The summed E-state index contributed by atoms with van der Waals surface area (Å²) in [4.78, 5) is 37.9. The van der Waals surface area contributed by atoms with Gasteiger partial charge in [-0.05, 0) is 51.5 Å². The Bertz CT molecular complexity index is 692. The Morgan fingerprint density at radius 2 is 1.70 bits per heavy atom. The maximum Gasteiger partial charge on any atom is 0.407 e. The molecule has 1 aliphatic heterocycles. The number of carbonyl (C=O) groups is 3. The highest BCUT2D eigenvalue weighted by Crippen LogP contribution is 2.17. The van der Waals surface area contributed by atoms with Crippen molar-refractivity contribution in [3.05, 3.63) is 35.9 Å². The van der Waals surface area contributed by atoms with Crippen LogP contribution in [0.2, 0.25) is 0 Å². The number of likely N-dealkylation sites (tertiary alicyclic amines) is 1. The summed E-state index contributed by atoms with van der Waals surface area (Å²) in [5.41, 5.74) is 0.633. The zero-order chi connectivity index (χ0) is 22.0. The molecule has 0 radical (unpaired) electrons. The smallest absolute Gasteiger partial charge is 0.407 e. The number of aryl methyl sites for hydroxylation is 1. The standard InChI is InChI=1S/C23H35N3O4/c1-23(2,3)30-22(29)24-14-11-20(27)25-17-19-12-15-26(16-13-19)21(28)10-9-18-7-5-4-6-8-18/h4-8,19H,9-17H2,1-3H3,(H,24,29)(H,25,27). The van der Waals surface area contributed by atoms with Crippen molar-refractivity contribution in [2.45, 2.75) is 58.5 Å². The molecule has 1 aliphatic rings. The third-order valence-corrected chi connectivity index (χ3v) is 5.05. The number of hydrogen-bond donors (Lipinski definition) is 2. The number of hydrogen-bond acceptors (Lipinski definition) is 4. The number of ether oxygens (including phenoxy) is 1. The number of alkyl carbamates (subject to hydrolysis) is 1. The zero-order valence-corrected chi connectivity index (χ0v) is 18.4. The van der Waals surface area contributed by atoms with Crippen LogP contribution in [0.25, 0.3) is 0 Å². The number of piperidine rings is 1. The van der Waals surface area contributed by atoms with Crippen LogP contribution in [0.3, 0.4) is 0 Å². The topological polar surface area (TPSA) is 87.7 Å². The maximum absolute atomic E-state index is 12.4. The van der Waals surface area contributed by atoms with E-state index in [9.17, 15) is 14.4 Å². The molecule has 0 aromatic heterocycles. The second-order valence-electron chi connectivity index (χ2n) is 8.79. The SMILES string of the molecule is CC(C)(C)OC(=O)NCCC(=O)NCC1CCN(C(=O)CCc2ccccc2)CC1. The summed E-state index contributed by atoms with van der Waals surface area (Å²) in [6.07, 6.45) is 2.81. The van der Waals surface area contributed by atoms with Gasteiger partial charge in [-0.1, -0.05) is 30.3 Å². The van der Waals surface area contributed by atoms with E-state index in [-0.39, 0.29) is 24.8 Å². The summed E-state index contributed by atoms with van der Waals surface area (Å²) < 4.78 is 5.13. The first-order chi connectivity index (χ1) is 14.2. The Hall–Kier alpha value is -2.57. The van der Waals surface area contributed by atoms with E-state index in [2.05, 4.69) is 10.6 Å². The number of nitrogens with zero attached hydrogens (tertiary/aromatic N) is 1. The van der Waals surface area contributed by atoms with Gasteiger partial charge in [0.2, 0.25) is 11.8 Å². The molecule has 7 heteroatoms. The number of carbonyl (C=O) groups excluding carboxylic acids is 3. The van der Waals surface area contributed by atoms with Crippen LogP contribution in [-0.4, -0.2) is 54.6 Å². The third kappa shape index (κ3) is 9.29. The van der Waals surface area contributed by atoms with Crippen LogP contribution in [0.15, 0.2) is 30.3 Å².